The maximum Gasteiger partial charge on any atom is 0.123 e. The Morgan fingerprint density at radius 3 is 2.71 bits per heavy atom. The first-order valence-corrected chi connectivity index (χ1v) is 6.93. The lowest BCUT2D eigenvalue weighted by Crippen LogP contribution is -2.12. The number of thiophene rings is 1. The van der Waals surface area contributed by atoms with Crippen molar-refractivity contribution in [3.8, 4) is 0 Å². The zero-order valence-corrected chi connectivity index (χ0v) is 11.8. The van der Waals surface area contributed by atoms with Gasteiger partial charge in [0.05, 0.1) is 3.79 Å². The van der Waals surface area contributed by atoms with Crippen molar-refractivity contribution in [3.63, 3.8) is 0 Å². The molecule has 2 rings (SSSR count). The smallest absolute Gasteiger partial charge is 0.123 e. The highest BCUT2D eigenvalue weighted by Crippen LogP contribution is 2.28. The molecule has 0 spiro atoms. The Bertz CT molecular complexity index is 524. The van der Waals surface area contributed by atoms with Crippen molar-refractivity contribution >= 4 is 27.3 Å². The van der Waals surface area contributed by atoms with Crippen LogP contribution < -0.4 is 5.73 Å². The number of rotatable bonds is 3. The molecule has 2 N–H and O–H groups in total. The molecular weight excluding hydrogens is 301 g/mol. The van der Waals surface area contributed by atoms with Crippen LogP contribution in [0.25, 0.3) is 0 Å². The Balaban J connectivity index is 2.15. The molecule has 1 aromatic heterocycles. The molecule has 90 valence electrons. The molecule has 0 amide bonds. The summed E-state index contributed by atoms with van der Waals surface area (Å²) in [7, 11) is 0. The van der Waals surface area contributed by atoms with Crippen molar-refractivity contribution < 1.29 is 4.39 Å². The summed E-state index contributed by atoms with van der Waals surface area (Å²) in [5.41, 5.74) is 8.20. The van der Waals surface area contributed by atoms with E-state index < -0.39 is 0 Å². The van der Waals surface area contributed by atoms with Gasteiger partial charge in [0.15, 0.2) is 0 Å². The molecule has 0 bridgehead atoms. The average Bonchev–Trinajstić information content (AvgIpc) is 2.69. The van der Waals surface area contributed by atoms with Crippen molar-refractivity contribution in [1.29, 1.82) is 0 Å². The Labute approximate surface area is 113 Å². The summed E-state index contributed by atoms with van der Waals surface area (Å²) in [5.74, 6) is -0.196. The van der Waals surface area contributed by atoms with E-state index in [2.05, 4.69) is 15.9 Å². The van der Waals surface area contributed by atoms with Gasteiger partial charge in [-0.2, -0.15) is 0 Å². The normalized spacial score (nSPS) is 12.7. The third-order valence-electron chi connectivity index (χ3n) is 2.70. The maximum atomic E-state index is 13.0. The molecule has 1 heterocycles. The second kappa shape index (κ2) is 5.29. The van der Waals surface area contributed by atoms with Gasteiger partial charge in [0.1, 0.15) is 5.82 Å². The SMILES string of the molecule is Cc1cc(F)ccc1CC(N)c1ccc(Br)s1. The zero-order chi connectivity index (χ0) is 12.4. The van der Waals surface area contributed by atoms with Gasteiger partial charge in [0.2, 0.25) is 0 Å². The molecule has 2 aromatic rings. The molecule has 1 unspecified atom stereocenters. The van der Waals surface area contributed by atoms with E-state index in [4.69, 9.17) is 5.73 Å². The molecule has 4 heteroatoms. The third kappa shape index (κ3) is 3.15. The molecule has 0 fully saturated rings. The lowest BCUT2D eigenvalue weighted by molar-refractivity contribution is 0.624. The molecule has 17 heavy (non-hydrogen) atoms. The van der Waals surface area contributed by atoms with Crippen molar-refractivity contribution in [2.24, 2.45) is 5.73 Å². The van der Waals surface area contributed by atoms with Gasteiger partial charge in [-0.05, 0) is 64.7 Å². The first-order valence-electron chi connectivity index (χ1n) is 5.32. The summed E-state index contributed by atoms with van der Waals surface area (Å²) in [5, 5.41) is 0. The van der Waals surface area contributed by atoms with Gasteiger partial charge in [-0.3, -0.25) is 0 Å². The maximum absolute atomic E-state index is 13.0. The zero-order valence-electron chi connectivity index (χ0n) is 9.41. The lowest BCUT2D eigenvalue weighted by Gasteiger charge is -2.11. The highest BCUT2D eigenvalue weighted by molar-refractivity contribution is 9.11. The van der Waals surface area contributed by atoms with Crippen molar-refractivity contribution in [1.82, 2.24) is 0 Å². The molecule has 0 aliphatic rings. The van der Waals surface area contributed by atoms with E-state index in [1.807, 2.05) is 25.1 Å². The molecule has 0 aliphatic carbocycles. The van der Waals surface area contributed by atoms with Crippen LogP contribution in [0.15, 0.2) is 34.1 Å². The van der Waals surface area contributed by atoms with Gasteiger partial charge in [0.25, 0.3) is 0 Å². The standard InChI is InChI=1S/C13H13BrFNS/c1-8-6-10(15)3-2-9(8)7-11(16)12-4-5-13(14)17-12/h2-6,11H,7,16H2,1H3. The van der Waals surface area contributed by atoms with E-state index >= 15 is 0 Å². The monoisotopic (exact) mass is 313 g/mol. The molecular formula is C13H13BrFNS. The van der Waals surface area contributed by atoms with E-state index in [0.717, 1.165) is 26.2 Å². The number of benzene rings is 1. The predicted octanol–water partition coefficient (Wildman–Crippen LogP) is 4.20. The van der Waals surface area contributed by atoms with Crippen molar-refractivity contribution in [2.75, 3.05) is 0 Å². The number of hydrogen-bond acceptors (Lipinski definition) is 2. The minimum absolute atomic E-state index is 0.0320. The van der Waals surface area contributed by atoms with Crippen LogP contribution >= 0.6 is 27.3 Å². The number of nitrogens with two attached hydrogens (primary N) is 1. The predicted molar refractivity (Wildman–Crippen MR) is 73.8 cm³/mol. The van der Waals surface area contributed by atoms with Crippen molar-refractivity contribution in [2.45, 2.75) is 19.4 Å². The average molecular weight is 314 g/mol. The first-order chi connectivity index (χ1) is 8.06. The third-order valence-corrected chi connectivity index (χ3v) is 4.46. The summed E-state index contributed by atoms with van der Waals surface area (Å²) >= 11 is 5.06. The van der Waals surface area contributed by atoms with Gasteiger partial charge in [0, 0.05) is 10.9 Å². The lowest BCUT2D eigenvalue weighted by atomic mass is 10.0. The van der Waals surface area contributed by atoms with Crippen LogP contribution in [-0.2, 0) is 6.42 Å². The van der Waals surface area contributed by atoms with Gasteiger partial charge in [-0.25, -0.2) is 4.39 Å². The van der Waals surface area contributed by atoms with Crippen LogP contribution in [0.3, 0.4) is 0 Å². The van der Waals surface area contributed by atoms with Gasteiger partial charge in [-0.15, -0.1) is 11.3 Å². The van der Waals surface area contributed by atoms with Gasteiger partial charge in [-0.1, -0.05) is 6.07 Å². The van der Waals surface area contributed by atoms with Crippen LogP contribution in [0.4, 0.5) is 4.39 Å². The summed E-state index contributed by atoms with van der Waals surface area (Å²) in [6.07, 6.45) is 0.735. The van der Waals surface area contributed by atoms with Crippen LogP contribution in [0.2, 0.25) is 0 Å². The molecule has 0 saturated heterocycles. The highest BCUT2D eigenvalue weighted by atomic mass is 79.9. The number of hydrogen-bond donors (Lipinski definition) is 1. The fourth-order valence-electron chi connectivity index (χ4n) is 1.75. The van der Waals surface area contributed by atoms with Crippen LogP contribution in [-0.4, -0.2) is 0 Å². The van der Waals surface area contributed by atoms with E-state index in [9.17, 15) is 4.39 Å². The van der Waals surface area contributed by atoms with Gasteiger partial charge >= 0.3 is 0 Å². The van der Waals surface area contributed by atoms with E-state index in [1.165, 1.54) is 6.07 Å². The van der Waals surface area contributed by atoms with Crippen LogP contribution in [0, 0.1) is 12.7 Å². The molecule has 1 atom stereocenters. The Kier molecular flexibility index (Phi) is 3.97. The Hall–Kier alpha value is -0.710. The topological polar surface area (TPSA) is 26.0 Å². The molecule has 0 saturated carbocycles. The fourth-order valence-corrected chi connectivity index (χ4v) is 3.18. The summed E-state index contributed by atoms with van der Waals surface area (Å²) in [4.78, 5) is 1.14. The number of halogens is 2. The van der Waals surface area contributed by atoms with E-state index in [1.54, 1.807) is 17.4 Å². The quantitative estimate of drug-likeness (QED) is 0.903. The van der Waals surface area contributed by atoms with Gasteiger partial charge < -0.3 is 5.73 Å². The Morgan fingerprint density at radius 2 is 2.12 bits per heavy atom. The van der Waals surface area contributed by atoms with Crippen LogP contribution in [0.1, 0.15) is 22.0 Å². The van der Waals surface area contributed by atoms with Crippen molar-refractivity contribution in [3.05, 3.63) is 55.9 Å². The molecule has 1 aromatic carbocycles. The Morgan fingerprint density at radius 1 is 1.35 bits per heavy atom. The second-order valence-corrected chi connectivity index (χ2v) is 6.52. The summed E-state index contributed by atoms with van der Waals surface area (Å²) in [6, 6.07) is 8.84. The summed E-state index contributed by atoms with van der Waals surface area (Å²) < 4.78 is 14.1. The van der Waals surface area contributed by atoms with Crippen LogP contribution in [0.5, 0.6) is 0 Å². The highest BCUT2D eigenvalue weighted by Gasteiger charge is 2.11. The molecule has 1 nitrogen and oxygen atoms in total. The molecule has 0 aliphatic heterocycles. The fraction of sp³-hybridized carbons (Fsp3) is 0.231. The minimum Gasteiger partial charge on any atom is -0.323 e. The van der Waals surface area contributed by atoms with E-state index in [-0.39, 0.29) is 11.9 Å². The largest absolute Gasteiger partial charge is 0.323 e. The molecule has 0 radical (unpaired) electrons. The first kappa shape index (κ1) is 12.7. The second-order valence-electron chi connectivity index (χ2n) is 4.02. The number of aryl methyl sites for hydroxylation is 1. The minimum atomic E-state index is -0.196. The van der Waals surface area contributed by atoms with E-state index in [0.29, 0.717) is 0 Å². The summed E-state index contributed by atoms with van der Waals surface area (Å²) in [6.45, 7) is 1.91.